The van der Waals surface area contributed by atoms with Gasteiger partial charge in [-0.05, 0) is 18.1 Å². The number of rotatable bonds is 4. The summed E-state index contributed by atoms with van der Waals surface area (Å²) in [5.74, 6) is 0.441. The van der Waals surface area contributed by atoms with Crippen LogP contribution in [0.2, 0.25) is 0 Å². The molecule has 2 aromatic carbocycles. The molecule has 0 atom stereocenters. The Balaban J connectivity index is 1.94. The Kier molecular flexibility index (Phi) is 5.51. The molecule has 108 valence electrons. The lowest BCUT2D eigenvalue weighted by molar-refractivity contribution is 0.616. The molecule has 0 saturated carbocycles. The second-order valence-electron chi connectivity index (χ2n) is 4.44. The van der Waals surface area contributed by atoms with Gasteiger partial charge in [-0.2, -0.15) is 5.10 Å². The van der Waals surface area contributed by atoms with Crippen molar-refractivity contribution >= 4 is 23.1 Å². The number of thioether (sulfide) groups is 1. The zero-order chi connectivity index (χ0) is 15.1. The Bertz CT molecular complexity index is 654. The molecule has 5 heteroatoms. The summed E-state index contributed by atoms with van der Waals surface area (Å²) < 4.78 is 13.7. The van der Waals surface area contributed by atoms with Gasteiger partial charge in [0.2, 0.25) is 0 Å². The molecule has 0 bridgehead atoms. The van der Waals surface area contributed by atoms with Gasteiger partial charge < -0.3 is 5.73 Å². The van der Waals surface area contributed by atoms with Gasteiger partial charge in [0, 0.05) is 11.3 Å². The second kappa shape index (κ2) is 7.59. The lowest BCUT2D eigenvalue weighted by Gasteiger charge is -2.00. The summed E-state index contributed by atoms with van der Waals surface area (Å²) in [5.41, 5.74) is 7.90. The fourth-order valence-corrected chi connectivity index (χ4v) is 2.29. The average molecular weight is 301 g/mol. The van der Waals surface area contributed by atoms with Crippen LogP contribution in [0.4, 0.5) is 4.39 Å². The molecule has 0 aliphatic heterocycles. The molecule has 0 saturated heterocycles. The Morgan fingerprint density at radius 2 is 1.95 bits per heavy atom. The molecular formula is C16H16FN3S. The minimum absolute atomic E-state index is 0.285. The van der Waals surface area contributed by atoms with Crippen molar-refractivity contribution in [2.24, 2.45) is 15.9 Å². The second-order valence-corrected chi connectivity index (χ2v) is 5.43. The SMILES string of the molecule is Cc1cccc(C=NN=C(N)SCc2ccccc2)c1F. The summed E-state index contributed by atoms with van der Waals surface area (Å²) in [6.07, 6.45) is 1.37. The van der Waals surface area contributed by atoms with Gasteiger partial charge in [0.15, 0.2) is 5.17 Å². The summed E-state index contributed by atoms with van der Waals surface area (Å²) in [5, 5.41) is 8.05. The van der Waals surface area contributed by atoms with Crippen molar-refractivity contribution in [3.05, 3.63) is 71.0 Å². The summed E-state index contributed by atoms with van der Waals surface area (Å²) in [6.45, 7) is 1.71. The fourth-order valence-electron chi connectivity index (χ4n) is 1.68. The first-order valence-corrected chi connectivity index (χ1v) is 7.43. The van der Waals surface area contributed by atoms with E-state index >= 15 is 0 Å². The zero-order valence-corrected chi connectivity index (χ0v) is 12.5. The predicted octanol–water partition coefficient (Wildman–Crippen LogP) is 3.72. The summed E-state index contributed by atoms with van der Waals surface area (Å²) in [4.78, 5) is 0. The van der Waals surface area contributed by atoms with Crippen molar-refractivity contribution in [1.29, 1.82) is 0 Å². The van der Waals surface area contributed by atoms with Crippen LogP contribution >= 0.6 is 11.8 Å². The number of hydrogen-bond donors (Lipinski definition) is 1. The summed E-state index contributed by atoms with van der Waals surface area (Å²) in [6, 6.07) is 15.1. The van der Waals surface area contributed by atoms with Crippen molar-refractivity contribution in [2.75, 3.05) is 0 Å². The molecule has 0 spiro atoms. The van der Waals surface area contributed by atoms with Crippen LogP contribution in [0.1, 0.15) is 16.7 Å². The van der Waals surface area contributed by atoms with Crippen molar-refractivity contribution in [1.82, 2.24) is 0 Å². The lowest BCUT2D eigenvalue weighted by atomic mass is 10.1. The molecular weight excluding hydrogens is 285 g/mol. The molecule has 0 aliphatic carbocycles. The van der Waals surface area contributed by atoms with Gasteiger partial charge in [0.25, 0.3) is 0 Å². The molecule has 0 amide bonds. The highest BCUT2D eigenvalue weighted by Crippen LogP contribution is 2.12. The molecule has 2 rings (SSSR count). The van der Waals surface area contributed by atoms with Gasteiger partial charge >= 0.3 is 0 Å². The molecule has 21 heavy (non-hydrogen) atoms. The Labute approximate surface area is 127 Å². The predicted molar refractivity (Wildman–Crippen MR) is 88.1 cm³/mol. The standard InChI is InChI=1S/C16H16FN3S/c1-12-6-5-9-14(15(12)17)10-19-20-16(18)21-11-13-7-3-2-4-8-13/h2-10H,11H2,1H3,(H2,18,20). The summed E-state index contributed by atoms with van der Waals surface area (Å²) in [7, 11) is 0. The highest BCUT2D eigenvalue weighted by molar-refractivity contribution is 8.13. The van der Waals surface area contributed by atoms with Crippen molar-refractivity contribution in [3.63, 3.8) is 0 Å². The quantitative estimate of drug-likeness (QED) is 0.531. The van der Waals surface area contributed by atoms with E-state index in [1.165, 1.54) is 18.0 Å². The van der Waals surface area contributed by atoms with Crippen LogP contribution < -0.4 is 5.73 Å². The minimum atomic E-state index is -0.285. The smallest absolute Gasteiger partial charge is 0.180 e. The molecule has 0 unspecified atom stereocenters. The van der Waals surface area contributed by atoms with E-state index in [1.54, 1.807) is 25.1 Å². The van der Waals surface area contributed by atoms with Crippen molar-refractivity contribution in [2.45, 2.75) is 12.7 Å². The Morgan fingerprint density at radius 1 is 1.19 bits per heavy atom. The van der Waals surface area contributed by atoms with Crippen molar-refractivity contribution < 1.29 is 4.39 Å². The Hall–Kier alpha value is -2.14. The highest BCUT2D eigenvalue weighted by Gasteiger charge is 2.01. The van der Waals surface area contributed by atoms with Crippen LogP contribution in [0.3, 0.4) is 0 Å². The van der Waals surface area contributed by atoms with Crippen LogP contribution in [0.15, 0.2) is 58.7 Å². The van der Waals surface area contributed by atoms with Crippen LogP contribution in [0.5, 0.6) is 0 Å². The molecule has 3 nitrogen and oxygen atoms in total. The maximum atomic E-state index is 13.7. The molecule has 2 N–H and O–H groups in total. The van der Waals surface area contributed by atoms with Crippen LogP contribution in [-0.2, 0) is 5.75 Å². The average Bonchev–Trinajstić information content (AvgIpc) is 2.50. The van der Waals surface area contributed by atoms with E-state index < -0.39 is 0 Å². The van der Waals surface area contributed by atoms with E-state index in [0.29, 0.717) is 16.3 Å². The number of nitrogens with zero attached hydrogens (tertiary/aromatic N) is 2. The first-order valence-electron chi connectivity index (χ1n) is 6.45. The minimum Gasteiger partial charge on any atom is -0.377 e. The van der Waals surface area contributed by atoms with Gasteiger partial charge in [-0.1, -0.05) is 60.3 Å². The van der Waals surface area contributed by atoms with Crippen molar-refractivity contribution in [3.8, 4) is 0 Å². The van der Waals surface area contributed by atoms with E-state index in [0.717, 1.165) is 11.3 Å². The van der Waals surface area contributed by atoms with Gasteiger partial charge in [-0.25, -0.2) is 4.39 Å². The number of aryl methyl sites for hydroxylation is 1. The first kappa shape index (κ1) is 15.3. The van der Waals surface area contributed by atoms with Crippen LogP contribution in [-0.4, -0.2) is 11.4 Å². The topological polar surface area (TPSA) is 50.7 Å². The third-order valence-electron chi connectivity index (χ3n) is 2.80. The molecule has 0 aliphatic rings. The van der Waals surface area contributed by atoms with Crippen LogP contribution in [0, 0.1) is 12.7 Å². The molecule has 0 aromatic heterocycles. The maximum absolute atomic E-state index is 13.7. The fraction of sp³-hybridized carbons (Fsp3) is 0.125. The number of hydrogen-bond acceptors (Lipinski definition) is 3. The van der Waals surface area contributed by atoms with Gasteiger partial charge in [0.05, 0.1) is 6.21 Å². The number of benzene rings is 2. The third kappa shape index (κ3) is 4.72. The van der Waals surface area contributed by atoms with Gasteiger partial charge in [-0.3, -0.25) is 0 Å². The zero-order valence-electron chi connectivity index (χ0n) is 11.7. The van der Waals surface area contributed by atoms with E-state index in [4.69, 9.17) is 5.73 Å². The van der Waals surface area contributed by atoms with Gasteiger partial charge in [-0.15, -0.1) is 5.10 Å². The maximum Gasteiger partial charge on any atom is 0.180 e. The van der Waals surface area contributed by atoms with Gasteiger partial charge in [0.1, 0.15) is 5.82 Å². The number of nitrogens with two attached hydrogens (primary N) is 1. The molecule has 2 aromatic rings. The Morgan fingerprint density at radius 3 is 2.71 bits per heavy atom. The van der Waals surface area contributed by atoms with E-state index in [1.807, 2.05) is 30.3 Å². The lowest BCUT2D eigenvalue weighted by Crippen LogP contribution is -2.06. The third-order valence-corrected chi connectivity index (χ3v) is 3.66. The summed E-state index contributed by atoms with van der Waals surface area (Å²) >= 11 is 1.39. The normalized spacial score (nSPS) is 12.0. The van der Waals surface area contributed by atoms with E-state index in [-0.39, 0.29) is 5.82 Å². The van der Waals surface area contributed by atoms with E-state index in [9.17, 15) is 4.39 Å². The molecule has 0 radical (unpaired) electrons. The largest absolute Gasteiger partial charge is 0.377 e. The first-order chi connectivity index (χ1) is 10.2. The molecule has 0 heterocycles. The van der Waals surface area contributed by atoms with Crippen LogP contribution in [0.25, 0.3) is 0 Å². The number of halogens is 1. The number of amidine groups is 1. The monoisotopic (exact) mass is 301 g/mol. The molecule has 0 fully saturated rings. The highest BCUT2D eigenvalue weighted by atomic mass is 32.2. The van der Waals surface area contributed by atoms with E-state index in [2.05, 4.69) is 10.2 Å².